The van der Waals surface area contributed by atoms with Crippen molar-refractivity contribution in [3.8, 4) is 0 Å². The molecule has 0 bridgehead atoms. The summed E-state index contributed by atoms with van der Waals surface area (Å²) in [6.45, 7) is 3.10. The molecule has 8 heavy (non-hydrogen) atoms. The van der Waals surface area contributed by atoms with E-state index in [1.165, 1.54) is 0 Å². The summed E-state index contributed by atoms with van der Waals surface area (Å²) >= 11 is -0.961. The molecule has 0 aromatic heterocycles. The fourth-order valence-corrected chi connectivity index (χ4v) is 0.648. The third-order valence-electron chi connectivity index (χ3n) is 0.338. The third kappa shape index (κ3) is 3.27. The molecular formula is C2H6IN3O2-2. The van der Waals surface area contributed by atoms with Crippen LogP contribution in [0.2, 0.25) is 0 Å². The number of halogens is 1. The van der Waals surface area contributed by atoms with Gasteiger partial charge in [0.2, 0.25) is 0 Å². The molecule has 0 amide bonds. The molecule has 0 spiro atoms. The van der Waals surface area contributed by atoms with Crippen LogP contribution in [0.4, 0.5) is 0 Å². The van der Waals surface area contributed by atoms with Crippen LogP contribution in [0.5, 0.6) is 0 Å². The Morgan fingerprint density at radius 3 is 2.38 bits per heavy atom. The van der Waals surface area contributed by atoms with Gasteiger partial charge in [0.1, 0.15) is 0 Å². The first-order valence-electron chi connectivity index (χ1n) is 1.65. The Kier molecular flexibility index (Phi) is 4.28. The van der Waals surface area contributed by atoms with Gasteiger partial charge in [-0.15, -0.1) is 0 Å². The van der Waals surface area contributed by atoms with Crippen LogP contribution < -0.4 is 21.8 Å². The van der Waals surface area contributed by atoms with Gasteiger partial charge in [0.25, 0.3) is 0 Å². The van der Waals surface area contributed by atoms with Crippen LogP contribution in [0.15, 0.2) is 3.21 Å². The Balaban J connectivity index is 3.30. The molecule has 0 saturated carbocycles. The summed E-state index contributed by atoms with van der Waals surface area (Å²) in [4.78, 5) is 0. The van der Waals surface area contributed by atoms with Crippen molar-refractivity contribution in [3.63, 3.8) is 0 Å². The standard InChI is InChI=1S/C2H6IN3O2/c1-5-3-6(4)2(7)8/h2,4,7-8H,1H2/q-2. The van der Waals surface area contributed by atoms with Gasteiger partial charge in [0.15, 0.2) is 0 Å². The fourth-order valence-electron chi connectivity index (χ4n) is 0.0966. The summed E-state index contributed by atoms with van der Waals surface area (Å²) < 4.78 is 3.92. The summed E-state index contributed by atoms with van der Waals surface area (Å²) in [7, 11) is 0. The van der Waals surface area contributed by atoms with E-state index in [1.54, 1.807) is 0 Å². The molecule has 0 rings (SSSR count). The minimum absolute atomic E-state index is 0.589. The Bertz CT molecular complexity index is 77.7. The van der Waals surface area contributed by atoms with Crippen LogP contribution in [0, 0.1) is 0 Å². The average Bonchev–Trinajstić information content (AvgIpc) is 1.67. The number of aliphatic hydroxyl groups excluding tert-OH is 1. The number of aliphatic hydroxyl groups is 2. The van der Waals surface area contributed by atoms with E-state index in [-0.39, 0.29) is 0 Å². The predicted octanol–water partition coefficient (Wildman–Crippen LogP) is -3.86. The van der Waals surface area contributed by atoms with Crippen molar-refractivity contribution in [1.29, 1.82) is 0 Å². The second-order valence-corrected chi connectivity index (χ2v) is 3.01. The first-order chi connectivity index (χ1) is 3.68. The molecule has 0 aromatic carbocycles. The van der Waals surface area contributed by atoms with Gasteiger partial charge in [-0.05, 0) is 0 Å². The first-order valence-corrected chi connectivity index (χ1v) is 3.58. The zero-order valence-corrected chi connectivity index (χ0v) is 6.11. The van der Waals surface area contributed by atoms with Crippen LogP contribution in [0.25, 0.3) is 5.84 Å². The summed E-state index contributed by atoms with van der Waals surface area (Å²) in [6, 6.07) is 0. The van der Waals surface area contributed by atoms with Crippen molar-refractivity contribution >= 4 is 6.72 Å². The molecular weight excluding hydrogens is 225 g/mol. The maximum absolute atomic E-state index is 8.19. The van der Waals surface area contributed by atoms with Crippen LogP contribution in [0.3, 0.4) is 0 Å². The second-order valence-electron chi connectivity index (χ2n) is 0.853. The summed E-state index contributed by atoms with van der Waals surface area (Å²) in [5.74, 6) is 6.68. The first kappa shape index (κ1) is 8.24. The summed E-state index contributed by atoms with van der Waals surface area (Å²) in [5, 5.41) is 16.4. The van der Waals surface area contributed by atoms with E-state index in [9.17, 15) is 0 Å². The Morgan fingerprint density at radius 2 is 2.25 bits per heavy atom. The van der Waals surface area contributed by atoms with Gasteiger partial charge in [-0.1, -0.05) is 0 Å². The predicted molar refractivity (Wildman–Crippen MR) is 23.9 cm³/mol. The fraction of sp³-hybridized carbons (Fsp3) is 0.500. The molecule has 0 unspecified atom stereocenters. The number of nitrogens with zero attached hydrogens (tertiary/aromatic N) is 2. The average molecular weight is 231 g/mol. The van der Waals surface area contributed by atoms with E-state index in [4.69, 9.17) is 16.1 Å². The van der Waals surface area contributed by atoms with E-state index in [0.717, 1.165) is 0 Å². The second kappa shape index (κ2) is 4.15. The number of hydrogen-bond acceptors (Lipinski definition) is 4. The number of nitrogens with one attached hydrogen (secondary N) is 1. The maximum atomic E-state index is 8.19. The van der Waals surface area contributed by atoms with Crippen LogP contribution in [-0.2, 0) is 0 Å². The van der Waals surface area contributed by atoms with Crippen molar-refractivity contribution in [2.24, 2.45) is 3.21 Å². The third-order valence-corrected chi connectivity index (χ3v) is 1.61. The Labute approximate surface area is 57.8 Å². The van der Waals surface area contributed by atoms with Crippen LogP contribution in [-0.4, -0.2) is 26.6 Å². The molecule has 3 N–H and O–H groups in total. The topological polar surface area (TPSA) is 79.9 Å². The van der Waals surface area contributed by atoms with Crippen molar-refractivity contribution in [2.75, 3.05) is 0 Å². The molecule has 6 heteroatoms. The molecule has 0 fully saturated rings. The minimum atomic E-state index is -1.71. The van der Waals surface area contributed by atoms with Crippen LogP contribution in [0.1, 0.15) is 0 Å². The zero-order valence-electron chi connectivity index (χ0n) is 3.95. The number of rotatable bonds is 3. The van der Waals surface area contributed by atoms with Crippen molar-refractivity contribution in [2.45, 2.75) is 6.41 Å². The molecule has 50 valence electrons. The van der Waals surface area contributed by atoms with Gasteiger partial charge in [-0.2, -0.15) is 0 Å². The molecule has 0 aliphatic heterocycles. The van der Waals surface area contributed by atoms with Crippen LogP contribution >= 0.6 is 0 Å². The SMILES string of the molecule is C=N[I-]N([NH-])C(O)O. The van der Waals surface area contributed by atoms with Gasteiger partial charge in [0, 0.05) is 0 Å². The molecule has 0 saturated heterocycles. The van der Waals surface area contributed by atoms with Crippen molar-refractivity contribution in [3.05, 3.63) is 5.84 Å². The molecule has 0 aromatic rings. The van der Waals surface area contributed by atoms with Gasteiger partial charge >= 0.3 is 57.4 Å². The monoisotopic (exact) mass is 231 g/mol. The number of hydrogen-bond donors (Lipinski definition) is 2. The van der Waals surface area contributed by atoms with E-state index < -0.39 is 28.2 Å². The van der Waals surface area contributed by atoms with Gasteiger partial charge in [0.05, 0.1) is 0 Å². The molecule has 5 nitrogen and oxygen atoms in total. The summed E-state index contributed by atoms with van der Waals surface area (Å²) in [6.07, 6.45) is -1.71. The normalized spacial score (nSPS) is 11.1. The van der Waals surface area contributed by atoms with E-state index >= 15 is 0 Å². The van der Waals surface area contributed by atoms with Gasteiger partial charge in [-0.25, -0.2) is 0 Å². The molecule has 0 radical (unpaired) electrons. The van der Waals surface area contributed by atoms with Crippen molar-refractivity contribution in [1.82, 2.24) is 3.22 Å². The molecule has 0 aliphatic rings. The quantitative estimate of drug-likeness (QED) is 0.171. The van der Waals surface area contributed by atoms with E-state index in [0.29, 0.717) is 3.22 Å². The molecule has 0 aliphatic carbocycles. The molecule has 0 heterocycles. The zero-order chi connectivity index (χ0) is 6.57. The van der Waals surface area contributed by atoms with Gasteiger partial charge < -0.3 is 0 Å². The van der Waals surface area contributed by atoms with E-state index in [1.807, 2.05) is 0 Å². The van der Waals surface area contributed by atoms with Crippen molar-refractivity contribution < 1.29 is 32.0 Å². The molecule has 0 atom stereocenters. The Hall–Kier alpha value is 0.240. The van der Waals surface area contributed by atoms with E-state index in [2.05, 4.69) is 9.92 Å². The Morgan fingerprint density at radius 1 is 1.75 bits per heavy atom. The van der Waals surface area contributed by atoms with Gasteiger partial charge in [-0.3, -0.25) is 0 Å². The summed E-state index contributed by atoms with van der Waals surface area (Å²) in [5.41, 5.74) is 0.